The third kappa shape index (κ3) is 10.3. The second-order valence-corrected chi connectivity index (χ2v) is 8.91. The highest BCUT2D eigenvalue weighted by Gasteiger charge is 2.19. The number of hydrogen-bond acceptors (Lipinski definition) is 1. The number of halogens is 1. The van der Waals surface area contributed by atoms with Gasteiger partial charge in [0.1, 0.15) is 5.75 Å². The highest BCUT2D eigenvalue weighted by atomic mass is 35.5. The molecule has 3 heteroatoms. The zero-order valence-corrected chi connectivity index (χ0v) is 21.1. The van der Waals surface area contributed by atoms with Crippen molar-refractivity contribution in [1.82, 2.24) is 0 Å². The van der Waals surface area contributed by atoms with Crippen molar-refractivity contribution in [2.75, 3.05) is 32.8 Å². The molecule has 0 saturated carbocycles. The van der Waals surface area contributed by atoms with Crippen LogP contribution in [0.25, 0.3) is 10.8 Å². The molecule has 0 amide bonds. The summed E-state index contributed by atoms with van der Waals surface area (Å²) in [5, 5.41) is 2.54. The van der Waals surface area contributed by atoms with E-state index in [1.807, 2.05) is 0 Å². The summed E-state index contributed by atoms with van der Waals surface area (Å²) >= 11 is 0. The molecule has 2 rings (SSSR count). The van der Waals surface area contributed by atoms with Crippen LogP contribution in [0.15, 0.2) is 42.5 Å². The van der Waals surface area contributed by atoms with Gasteiger partial charge in [0.25, 0.3) is 0 Å². The molecular weight excluding hydrogens is 402 g/mol. The van der Waals surface area contributed by atoms with Crippen LogP contribution in [0, 0.1) is 0 Å². The van der Waals surface area contributed by atoms with Crippen LogP contribution in [0.4, 0.5) is 0 Å². The molecule has 0 aliphatic heterocycles. The highest BCUT2D eigenvalue weighted by Crippen LogP contribution is 2.21. The zero-order chi connectivity index (χ0) is 21.5. The number of rotatable bonds is 17. The Labute approximate surface area is 198 Å². The van der Waals surface area contributed by atoms with E-state index >= 15 is 0 Å². The van der Waals surface area contributed by atoms with Gasteiger partial charge in [0.2, 0.25) is 0 Å². The summed E-state index contributed by atoms with van der Waals surface area (Å²) in [6.07, 6.45) is 13.7. The van der Waals surface area contributed by atoms with Crippen LogP contribution >= 0.6 is 0 Å². The van der Waals surface area contributed by atoms with Crippen molar-refractivity contribution in [3.05, 3.63) is 42.5 Å². The van der Waals surface area contributed by atoms with Gasteiger partial charge in [0.05, 0.1) is 32.8 Å². The van der Waals surface area contributed by atoms with Crippen LogP contribution in [-0.2, 0) is 0 Å². The minimum atomic E-state index is 0. The molecule has 0 aliphatic rings. The zero-order valence-electron chi connectivity index (χ0n) is 20.4. The molecule has 0 N–H and O–H groups in total. The third-order valence-corrected chi connectivity index (χ3v) is 7.03. The van der Waals surface area contributed by atoms with Gasteiger partial charge in [-0.3, -0.25) is 0 Å². The van der Waals surface area contributed by atoms with Crippen molar-refractivity contribution in [3.63, 3.8) is 0 Å². The van der Waals surface area contributed by atoms with Gasteiger partial charge < -0.3 is 21.6 Å². The van der Waals surface area contributed by atoms with Crippen molar-refractivity contribution in [1.29, 1.82) is 0 Å². The van der Waals surface area contributed by atoms with Crippen LogP contribution in [-0.4, -0.2) is 37.3 Å². The maximum atomic E-state index is 5.94. The second kappa shape index (κ2) is 16.4. The van der Waals surface area contributed by atoms with Crippen molar-refractivity contribution in [2.45, 2.75) is 85.0 Å². The van der Waals surface area contributed by atoms with E-state index in [-0.39, 0.29) is 12.4 Å². The summed E-state index contributed by atoms with van der Waals surface area (Å²) in [5.41, 5.74) is 0. The number of hydrogen-bond donors (Lipinski definition) is 0. The maximum Gasteiger partial charge on any atom is 0.119 e. The SMILES string of the molecule is CC[N+](CC)(CC)CCCCCCCCCCCCOc1ccc2ccccc2c1.[Cl-]. The largest absolute Gasteiger partial charge is 1.00 e. The van der Waals surface area contributed by atoms with E-state index in [1.165, 1.54) is 106 Å². The Morgan fingerprint density at radius 3 is 1.71 bits per heavy atom. The van der Waals surface area contributed by atoms with E-state index in [0.717, 1.165) is 12.4 Å². The summed E-state index contributed by atoms with van der Waals surface area (Å²) < 4.78 is 7.25. The smallest absolute Gasteiger partial charge is 0.119 e. The van der Waals surface area contributed by atoms with E-state index < -0.39 is 0 Å². The van der Waals surface area contributed by atoms with E-state index in [1.54, 1.807) is 0 Å². The lowest BCUT2D eigenvalue weighted by Gasteiger charge is -2.35. The molecule has 2 nitrogen and oxygen atoms in total. The van der Waals surface area contributed by atoms with Crippen LogP contribution in [0.2, 0.25) is 0 Å². The minimum Gasteiger partial charge on any atom is -1.00 e. The van der Waals surface area contributed by atoms with Crippen molar-refractivity contribution < 1.29 is 21.6 Å². The minimum absolute atomic E-state index is 0. The van der Waals surface area contributed by atoms with Gasteiger partial charge >= 0.3 is 0 Å². The number of nitrogens with zero attached hydrogens (tertiary/aromatic N) is 1. The average Bonchev–Trinajstić information content (AvgIpc) is 2.80. The standard InChI is InChI=1S/C28H46NO.ClH/c1-4-29(5-2,6-3)23-17-13-11-9-7-8-10-12-14-18-24-30-28-22-21-26-19-15-16-20-27(26)25-28;/h15-16,19-22,25H,4-14,17-18,23-24H2,1-3H3;1H/q+1;/p-1. The predicted molar refractivity (Wildman–Crippen MR) is 132 cm³/mol. The van der Waals surface area contributed by atoms with Crippen molar-refractivity contribution in [3.8, 4) is 5.75 Å². The molecule has 0 unspecified atom stereocenters. The average molecular weight is 448 g/mol. The van der Waals surface area contributed by atoms with E-state index in [2.05, 4.69) is 63.2 Å². The van der Waals surface area contributed by atoms with Crippen LogP contribution < -0.4 is 17.1 Å². The number of fused-ring (bicyclic) bond motifs is 1. The molecule has 2 aromatic rings. The van der Waals surface area contributed by atoms with E-state index in [4.69, 9.17) is 4.74 Å². The summed E-state index contributed by atoms with van der Waals surface area (Å²) in [6, 6.07) is 14.9. The summed E-state index contributed by atoms with van der Waals surface area (Å²) in [4.78, 5) is 0. The molecule has 0 fully saturated rings. The van der Waals surface area contributed by atoms with E-state index in [9.17, 15) is 0 Å². The molecule has 0 radical (unpaired) electrons. The van der Waals surface area contributed by atoms with Gasteiger partial charge in [-0.05, 0) is 62.9 Å². The Morgan fingerprint density at radius 2 is 1.13 bits per heavy atom. The molecular formula is C28H46ClNO. The van der Waals surface area contributed by atoms with Crippen LogP contribution in [0.5, 0.6) is 5.75 Å². The molecule has 0 atom stereocenters. The Kier molecular flexibility index (Phi) is 14.7. The number of benzene rings is 2. The molecule has 0 aromatic heterocycles. The number of ether oxygens (including phenoxy) is 1. The Balaban J connectivity index is 0.00000480. The topological polar surface area (TPSA) is 9.23 Å². The number of unbranched alkanes of at least 4 members (excludes halogenated alkanes) is 9. The molecule has 31 heavy (non-hydrogen) atoms. The van der Waals surface area contributed by atoms with Crippen molar-refractivity contribution in [2.24, 2.45) is 0 Å². The molecule has 0 bridgehead atoms. The summed E-state index contributed by atoms with van der Waals surface area (Å²) in [6.45, 7) is 13.1. The molecule has 0 saturated heterocycles. The van der Waals surface area contributed by atoms with Gasteiger partial charge in [0.15, 0.2) is 0 Å². The lowest BCUT2D eigenvalue weighted by molar-refractivity contribution is -0.923. The lowest BCUT2D eigenvalue weighted by Crippen LogP contribution is -3.00. The maximum absolute atomic E-state index is 5.94. The Bertz CT molecular complexity index is 690. The molecule has 0 spiro atoms. The van der Waals surface area contributed by atoms with E-state index in [0.29, 0.717) is 0 Å². The number of quaternary nitrogens is 1. The van der Waals surface area contributed by atoms with Gasteiger partial charge in [-0.15, -0.1) is 0 Å². The highest BCUT2D eigenvalue weighted by molar-refractivity contribution is 5.83. The first-order chi connectivity index (χ1) is 14.7. The lowest BCUT2D eigenvalue weighted by atomic mass is 10.1. The van der Waals surface area contributed by atoms with Gasteiger partial charge in [-0.25, -0.2) is 0 Å². The Hall–Kier alpha value is -1.25. The molecule has 176 valence electrons. The fraction of sp³-hybridized carbons (Fsp3) is 0.643. The van der Waals surface area contributed by atoms with Gasteiger partial charge in [0, 0.05) is 0 Å². The Morgan fingerprint density at radius 1 is 0.613 bits per heavy atom. The van der Waals surface area contributed by atoms with Crippen LogP contribution in [0.3, 0.4) is 0 Å². The second-order valence-electron chi connectivity index (χ2n) is 8.91. The molecule has 0 aliphatic carbocycles. The van der Waals surface area contributed by atoms with Gasteiger partial charge in [-0.1, -0.05) is 75.3 Å². The van der Waals surface area contributed by atoms with Crippen LogP contribution in [0.1, 0.15) is 85.0 Å². The summed E-state index contributed by atoms with van der Waals surface area (Å²) in [5.74, 6) is 1.00. The fourth-order valence-corrected chi connectivity index (χ4v) is 4.56. The first kappa shape index (κ1) is 27.8. The van der Waals surface area contributed by atoms with Gasteiger partial charge in [-0.2, -0.15) is 0 Å². The fourth-order valence-electron chi connectivity index (χ4n) is 4.56. The molecule has 2 aromatic carbocycles. The summed E-state index contributed by atoms with van der Waals surface area (Å²) in [7, 11) is 0. The first-order valence-corrected chi connectivity index (χ1v) is 12.7. The quantitative estimate of drug-likeness (QED) is 0.245. The molecule has 0 heterocycles. The predicted octanol–water partition coefficient (Wildman–Crippen LogP) is 5.00. The first-order valence-electron chi connectivity index (χ1n) is 12.7. The normalized spacial score (nSPS) is 11.5. The monoisotopic (exact) mass is 447 g/mol. The third-order valence-electron chi connectivity index (χ3n) is 7.03. The van der Waals surface area contributed by atoms with Crippen molar-refractivity contribution >= 4 is 10.8 Å².